The van der Waals surface area contributed by atoms with Crippen molar-refractivity contribution in [2.75, 3.05) is 0 Å². The lowest BCUT2D eigenvalue weighted by molar-refractivity contribution is 0.0568. The molecule has 1 unspecified atom stereocenters. The number of rotatable bonds is 1. The van der Waals surface area contributed by atoms with Crippen LogP contribution >= 0.6 is 8.60 Å². The Morgan fingerprint density at radius 1 is 1.19 bits per heavy atom. The molecule has 86 valence electrons. The number of hydrogen-bond acceptors (Lipinski definition) is 4. The van der Waals surface area contributed by atoms with Gasteiger partial charge in [0, 0.05) is 0 Å². The van der Waals surface area contributed by atoms with Crippen LogP contribution in [0.15, 0.2) is 24.3 Å². The van der Waals surface area contributed by atoms with Crippen LogP contribution in [-0.4, -0.2) is 11.6 Å². The molecule has 1 atom stereocenters. The largest absolute Gasteiger partial charge is 0.466 e. The summed E-state index contributed by atoms with van der Waals surface area (Å²) in [4.78, 5) is 11.6. The zero-order chi connectivity index (χ0) is 11.8. The lowest BCUT2D eigenvalue weighted by Gasteiger charge is -2.27. The fourth-order valence-corrected chi connectivity index (χ4v) is 2.30. The summed E-state index contributed by atoms with van der Waals surface area (Å²) in [5.41, 5.74) is 0.0388. The Kier molecular flexibility index (Phi) is 2.87. The van der Waals surface area contributed by atoms with Gasteiger partial charge in [-0.15, -0.1) is 0 Å². The van der Waals surface area contributed by atoms with E-state index in [1.807, 2.05) is 26.8 Å². The van der Waals surface area contributed by atoms with Crippen molar-refractivity contribution < 1.29 is 18.4 Å². The van der Waals surface area contributed by atoms with E-state index in [4.69, 9.17) is 13.6 Å². The number of para-hydroxylation sites is 1. The van der Waals surface area contributed by atoms with Crippen LogP contribution in [0.25, 0.3) is 0 Å². The molecule has 0 bridgehead atoms. The van der Waals surface area contributed by atoms with Gasteiger partial charge in [-0.1, -0.05) is 12.1 Å². The third-order valence-corrected chi connectivity index (χ3v) is 3.14. The molecule has 0 saturated carbocycles. The summed E-state index contributed by atoms with van der Waals surface area (Å²) in [7, 11) is -1.64. The highest BCUT2D eigenvalue weighted by Gasteiger charge is 2.33. The van der Waals surface area contributed by atoms with Crippen molar-refractivity contribution in [1.29, 1.82) is 0 Å². The number of carbonyl (C=O) groups is 1. The van der Waals surface area contributed by atoms with Gasteiger partial charge in [-0.3, -0.25) is 4.52 Å². The lowest BCUT2D eigenvalue weighted by atomic mass is 10.2. The van der Waals surface area contributed by atoms with E-state index in [0.29, 0.717) is 11.3 Å². The number of carbonyl (C=O) groups excluding carboxylic acids is 1. The van der Waals surface area contributed by atoms with E-state index < -0.39 is 20.2 Å². The third kappa shape index (κ3) is 2.52. The predicted octanol–water partition coefficient (Wildman–Crippen LogP) is 3.28. The molecule has 0 radical (unpaired) electrons. The van der Waals surface area contributed by atoms with E-state index in [9.17, 15) is 4.79 Å². The summed E-state index contributed by atoms with van der Waals surface area (Å²) >= 11 is 0. The molecule has 5 heteroatoms. The minimum Gasteiger partial charge on any atom is -0.417 e. The van der Waals surface area contributed by atoms with Gasteiger partial charge in [0.2, 0.25) is 0 Å². The molecule has 1 aliphatic rings. The highest BCUT2D eigenvalue weighted by molar-refractivity contribution is 7.43. The highest BCUT2D eigenvalue weighted by atomic mass is 31.2. The molecule has 1 aromatic rings. The molecule has 4 nitrogen and oxygen atoms in total. The summed E-state index contributed by atoms with van der Waals surface area (Å²) in [5.74, 6) is 0.131. The standard InChI is InChI=1S/C11H13O4P/c1-11(2,3)15-16-13-9-7-5-4-6-8(9)10(12)14-16/h4-7H,1-3H3. The Morgan fingerprint density at radius 3 is 2.56 bits per heavy atom. The fourth-order valence-electron chi connectivity index (χ4n) is 1.19. The highest BCUT2D eigenvalue weighted by Crippen LogP contribution is 2.49. The maximum absolute atomic E-state index is 11.6. The van der Waals surface area contributed by atoms with E-state index in [0.717, 1.165) is 0 Å². The molecule has 0 saturated heterocycles. The second-order valence-electron chi connectivity index (χ2n) is 4.39. The zero-order valence-corrected chi connectivity index (χ0v) is 10.3. The van der Waals surface area contributed by atoms with Crippen molar-refractivity contribution in [3.05, 3.63) is 29.8 Å². The van der Waals surface area contributed by atoms with Crippen molar-refractivity contribution in [1.82, 2.24) is 0 Å². The summed E-state index contributed by atoms with van der Waals surface area (Å²) in [5, 5.41) is 0. The molecular weight excluding hydrogens is 227 g/mol. The van der Waals surface area contributed by atoms with Gasteiger partial charge in [0.1, 0.15) is 11.3 Å². The van der Waals surface area contributed by atoms with Gasteiger partial charge in [0.05, 0.1) is 5.60 Å². The minimum absolute atomic E-state index is 0.391. The van der Waals surface area contributed by atoms with Crippen LogP contribution in [0.1, 0.15) is 31.1 Å². The maximum Gasteiger partial charge on any atom is 0.466 e. The van der Waals surface area contributed by atoms with Crippen LogP contribution in [0.3, 0.4) is 0 Å². The zero-order valence-electron chi connectivity index (χ0n) is 9.39. The second-order valence-corrected chi connectivity index (χ2v) is 5.39. The molecule has 0 spiro atoms. The smallest absolute Gasteiger partial charge is 0.417 e. The summed E-state index contributed by atoms with van der Waals surface area (Å²) in [6.45, 7) is 5.65. The average molecular weight is 240 g/mol. The molecule has 1 heterocycles. The van der Waals surface area contributed by atoms with E-state index in [2.05, 4.69) is 0 Å². The number of benzene rings is 1. The summed E-state index contributed by atoms with van der Waals surface area (Å²) in [6, 6.07) is 6.97. The molecular formula is C11H13O4P. The Balaban J connectivity index is 2.18. The van der Waals surface area contributed by atoms with Gasteiger partial charge in [0.25, 0.3) is 0 Å². The molecule has 1 aromatic carbocycles. The third-order valence-electron chi connectivity index (χ3n) is 1.79. The van der Waals surface area contributed by atoms with Crippen LogP contribution in [0.5, 0.6) is 5.75 Å². The molecule has 16 heavy (non-hydrogen) atoms. The monoisotopic (exact) mass is 240 g/mol. The Labute approximate surface area is 95.5 Å². The Hall–Kier alpha value is -1.12. The first-order valence-corrected chi connectivity index (χ1v) is 6.04. The Bertz CT molecular complexity index is 411. The van der Waals surface area contributed by atoms with Crippen molar-refractivity contribution >= 4 is 14.6 Å². The van der Waals surface area contributed by atoms with E-state index in [1.54, 1.807) is 18.2 Å². The van der Waals surface area contributed by atoms with E-state index in [-0.39, 0.29) is 0 Å². The topological polar surface area (TPSA) is 44.8 Å². The van der Waals surface area contributed by atoms with E-state index in [1.165, 1.54) is 0 Å². The fraction of sp³-hybridized carbons (Fsp3) is 0.364. The molecule has 0 aliphatic carbocycles. The first-order valence-electron chi connectivity index (χ1n) is 4.94. The van der Waals surface area contributed by atoms with Gasteiger partial charge in [-0.2, -0.15) is 0 Å². The molecule has 0 aromatic heterocycles. The molecule has 2 rings (SSSR count). The van der Waals surface area contributed by atoms with Crippen molar-refractivity contribution in [3.63, 3.8) is 0 Å². The number of hydrogen-bond donors (Lipinski definition) is 0. The number of fused-ring (bicyclic) bond motifs is 1. The summed E-state index contributed by atoms with van der Waals surface area (Å²) in [6.07, 6.45) is 0. The van der Waals surface area contributed by atoms with Crippen LogP contribution in [0, 0.1) is 0 Å². The van der Waals surface area contributed by atoms with Gasteiger partial charge >= 0.3 is 14.6 Å². The van der Waals surface area contributed by atoms with E-state index >= 15 is 0 Å². The maximum atomic E-state index is 11.6. The summed E-state index contributed by atoms with van der Waals surface area (Å²) < 4.78 is 16.1. The second kappa shape index (κ2) is 4.04. The quantitative estimate of drug-likeness (QED) is 0.706. The molecule has 0 fully saturated rings. The first-order chi connectivity index (χ1) is 7.46. The molecule has 0 amide bonds. The average Bonchev–Trinajstić information content (AvgIpc) is 2.15. The van der Waals surface area contributed by atoms with Gasteiger partial charge in [0.15, 0.2) is 0 Å². The minimum atomic E-state index is -1.64. The van der Waals surface area contributed by atoms with Crippen molar-refractivity contribution in [3.8, 4) is 5.75 Å². The van der Waals surface area contributed by atoms with Crippen molar-refractivity contribution in [2.24, 2.45) is 0 Å². The molecule has 1 aliphatic heterocycles. The first kappa shape index (κ1) is 11.4. The normalized spacial score (nSPS) is 19.7. The van der Waals surface area contributed by atoms with Gasteiger partial charge in [-0.25, -0.2) is 4.79 Å². The SMILES string of the molecule is CC(C)(C)OP1OC(=O)c2ccccc2O1. The Morgan fingerprint density at radius 2 is 1.88 bits per heavy atom. The predicted molar refractivity (Wildman–Crippen MR) is 60.2 cm³/mol. The lowest BCUT2D eigenvalue weighted by Crippen LogP contribution is -2.21. The van der Waals surface area contributed by atoms with Crippen LogP contribution in [0.2, 0.25) is 0 Å². The van der Waals surface area contributed by atoms with Crippen LogP contribution in [-0.2, 0) is 9.05 Å². The van der Waals surface area contributed by atoms with Gasteiger partial charge in [-0.05, 0) is 32.9 Å². The van der Waals surface area contributed by atoms with Gasteiger partial charge < -0.3 is 9.05 Å². The van der Waals surface area contributed by atoms with Crippen molar-refractivity contribution in [2.45, 2.75) is 26.4 Å². The van der Waals surface area contributed by atoms with Crippen LogP contribution < -0.4 is 4.52 Å². The van der Waals surface area contributed by atoms with Crippen LogP contribution in [0.4, 0.5) is 0 Å². The molecule has 0 N–H and O–H groups in total.